The van der Waals surface area contributed by atoms with Gasteiger partial charge in [-0.25, -0.2) is 9.18 Å². The van der Waals surface area contributed by atoms with Gasteiger partial charge in [-0.3, -0.25) is 4.79 Å². The number of nitrogens with one attached hydrogen (secondary N) is 1. The Morgan fingerprint density at radius 2 is 1.77 bits per heavy atom. The molecule has 1 amide bonds. The molecular formula is C16H16FNO3S. The van der Waals surface area contributed by atoms with E-state index in [1.54, 1.807) is 38.1 Å². The van der Waals surface area contributed by atoms with Gasteiger partial charge in [0.15, 0.2) is 0 Å². The van der Waals surface area contributed by atoms with Gasteiger partial charge in [-0.1, -0.05) is 26.0 Å². The summed E-state index contributed by atoms with van der Waals surface area (Å²) in [7, 11) is 0. The molecule has 0 spiro atoms. The third-order valence-electron chi connectivity index (χ3n) is 3.18. The highest BCUT2D eigenvalue weighted by molar-refractivity contribution is 7.17. The summed E-state index contributed by atoms with van der Waals surface area (Å²) >= 11 is 1.24. The second-order valence-corrected chi connectivity index (χ2v) is 6.29. The first-order chi connectivity index (χ1) is 10.4. The van der Waals surface area contributed by atoms with E-state index in [0.29, 0.717) is 4.88 Å². The number of aliphatic carboxylic acids is 1. The molecule has 0 unspecified atom stereocenters. The third kappa shape index (κ3) is 3.71. The molecule has 0 saturated heterocycles. The standard InChI is InChI=1S/C16H16FNO3S/c1-9(2)14(16(20)21)18-15(19)13-8-7-12(22-13)10-3-5-11(17)6-4-10/h3-9,14H,1-2H3,(H,18,19)(H,20,21)/t14-/m0/s1. The van der Waals surface area contributed by atoms with E-state index in [4.69, 9.17) is 5.11 Å². The van der Waals surface area contributed by atoms with Gasteiger partial charge in [0.05, 0.1) is 4.88 Å². The van der Waals surface area contributed by atoms with Gasteiger partial charge < -0.3 is 10.4 Å². The molecule has 2 rings (SSSR count). The van der Waals surface area contributed by atoms with Crippen molar-refractivity contribution in [2.45, 2.75) is 19.9 Å². The van der Waals surface area contributed by atoms with Crippen molar-refractivity contribution in [1.29, 1.82) is 0 Å². The van der Waals surface area contributed by atoms with Gasteiger partial charge in [0.25, 0.3) is 5.91 Å². The van der Waals surface area contributed by atoms with Crippen LogP contribution in [0.1, 0.15) is 23.5 Å². The molecule has 116 valence electrons. The number of hydrogen-bond donors (Lipinski definition) is 2. The number of benzene rings is 1. The van der Waals surface area contributed by atoms with Gasteiger partial charge in [0.1, 0.15) is 11.9 Å². The van der Waals surface area contributed by atoms with E-state index in [0.717, 1.165) is 10.4 Å². The first kappa shape index (κ1) is 16.2. The Hall–Kier alpha value is -2.21. The summed E-state index contributed by atoms with van der Waals surface area (Å²) in [5.41, 5.74) is 0.809. The van der Waals surface area contributed by atoms with Crippen LogP contribution in [0.2, 0.25) is 0 Å². The van der Waals surface area contributed by atoms with Gasteiger partial charge in [-0.15, -0.1) is 11.3 Å². The number of hydrogen-bond acceptors (Lipinski definition) is 3. The van der Waals surface area contributed by atoms with Crippen molar-refractivity contribution in [3.05, 3.63) is 47.1 Å². The zero-order valence-corrected chi connectivity index (χ0v) is 13.0. The Morgan fingerprint density at radius 3 is 2.32 bits per heavy atom. The fourth-order valence-corrected chi connectivity index (χ4v) is 2.87. The van der Waals surface area contributed by atoms with Crippen LogP contribution in [-0.2, 0) is 4.79 Å². The summed E-state index contributed by atoms with van der Waals surface area (Å²) in [6, 6.07) is 8.45. The van der Waals surface area contributed by atoms with Crippen LogP contribution in [0.3, 0.4) is 0 Å². The Bertz CT molecular complexity index is 679. The zero-order valence-electron chi connectivity index (χ0n) is 12.2. The Labute approximate surface area is 131 Å². The minimum absolute atomic E-state index is 0.210. The second kappa shape index (κ2) is 6.70. The second-order valence-electron chi connectivity index (χ2n) is 5.20. The number of thiophene rings is 1. The highest BCUT2D eigenvalue weighted by Gasteiger charge is 2.24. The maximum absolute atomic E-state index is 12.9. The van der Waals surface area contributed by atoms with Crippen molar-refractivity contribution in [2.24, 2.45) is 5.92 Å². The van der Waals surface area contributed by atoms with Gasteiger partial charge in [-0.2, -0.15) is 0 Å². The number of carboxylic acids is 1. The van der Waals surface area contributed by atoms with E-state index in [1.807, 2.05) is 0 Å². The van der Waals surface area contributed by atoms with Crippen LogP contribution in [0.25, 0.3) is 10.4 Å². The SMILES string of the molecule is CC(C)[C@H](NC(=O)c1ccc(-c2ccc(F)cc2)s1)C(=O)O. The fraction of sp³-hybridized carbons (Fsp3) is 0.250. The van der Waals surface area contributed by atoms with Crippen molar-refractivity contribution >= 4 is 23.2 Å². The lowest BCUT2D eigenvalue weighted by atomic mass is 10.0. The molecule has 0 radical (unpaired) electrons. The average molecular weight is 321 g/mol. The molecule has 6 heteroatoms. The van der Waals surface area contributed by atoms with Crippen LogP contribution in [0.15, 0.2) is 36.4 Å². The number of amides is 1. The first-order valence-electron chi connectivity index (χ1n) is 6.78. The molecule has 1 aromatic heterocycles. The summed E-state index contributed by atoms with van der Waals surface area (Å²) < 4.78 is 12.9. The molecule has 0 saturated carbocycles. The monoisotopic (exact) mass is 321 g/mol. The summed E-state index contributed by atoms with van der Waals surface area (Å²) in [5, 5.41) is 11.6. The molecule has 0 aliphatic heterocycles. The number of carbonyl (C=O) groups is 2. The summed E-state index contributed by atoms with van der Waals surface area (Å²) in [5.74, 6) is -2.00. The number of carbonyl (C=O) groups excluding carboxylic acids is 1. The lowest BCUT2D eigenvalue weighted by Crippen LogP contribution is -2.44. The summed E-state index contributed by atoms with van der Waals surface area (Å²) in [4.78, 5) is 24.5. The maximum Gasteiger partial charge on any atom is 0.326 e. The molecule has 1 aromatic carbocycles. The van der Waals surface area contributed by atoms with Crippen LogP contribution in [0.4, 0.5) is 4.39 Å². The van der Waals surface area contributed by atoms with Gasteiger partial charge in [-0.05, 0) is 35.7 Å². The van der Waals surface area contributed by atoms with Crippen LogP contribution in [0, 0.1) is 11.7 Å². The van der Waals surface area contributed by atoms with E-state index >= 15 is 0 Å². The summed E-state index contributed by atoms with van der Waals surface area (Å²) in [6.07, 6.45) is 0. The zero-order chi connectivity index (χ0) is 16.3. The predicted octanol–water partition coefficient (Wildman–Crippen LogP) is 3.39. The molecule has 0 fully saturated rings. The van der Waals surface area contributed by atoms with E-state index < -0.39 is 17.9 Å². The first-order valence-corrected chi connectivity index (χ1v) is 7.59. The average Bonchev–Trinajstić information content (AvgIpc) is 2.94. The number of carboxylic acid groups (broad SMARTS) is 1. The highest BCUT2D eigenvalue weighted by atomic mass is 32.1. The number of rotatable bonds is 5. The van der Waals surface area contributed by atoms with Crippen LogP contribution < -0.4 is 5.32 Å². The van der Waals surface area contributed by atoms with Crippen LogP contribution in [0.5, 0.6) is 0 Å². The maximum atomic E-state index is 12.9. The lowest BCUT2D eigenvalue weighted by Gasteiger charge is -2.17. The van der Waals surface area contributed by atoms with Gasteiger partial charge in [0.2, 0.25) is 0 Å². The normalized spacial score (nSPS) is 12.2. The van der Waals surface area contributed by atoms with Crippen molar-refractivity contribution in [3.63, 3.8) is 0 Å². The topological polar surface area (TPSA) is 66.4 Å². The molecule has 0 bridgehead atoms. The van der Waals surface area contributed by atoms with E-state index in [9.17, 15) is 14.0 Å². The quantitative estimate of drug-likeness (QED) is 0.887. The van der Waals surface area contributed by atoms with E-state index in [-0.39, 0.29) is 11.7 Å². The molecule has 1 heterocycles. The van der Waals surface area contributed by atoms with Gasteiger partial charge in [0, 0.05) is 4.88 Å². The van der Waals surface area contributed by atoms with Crippen molar-refractivity contribution in [2.75, 3.05) is 0 Å². The Morgan fingerprint density at radius 1 is 1.14 bits per heavy atom. The molecule has 4 nitrogen and oxygen atoms in total. The molecule has 1 atom stereocenters. The molecule has 2 aromatic rings. The smallest absolute Gasteiger partial charge is 0.326 e. The minimum atomic E-state index is -1.06. The highest BCUT2D eigenvalue weighted by Crippen LogP contribution is 2.28. The molecule has 0 aliphatic rings. The van der Waals surface area contributed by atoms with E-state index in [2.05, 4.69) is 5.32 Å². The minimum Gasteiger partial charge on any atom is -0.480 e. The predicted molar refractivity (Wildman–Crippen MR) is 83.4 cm³/mol. The van der Waals surface area contributed by atoms with Crippen molar-refractivity contribution in [1.82, 2.24) is 5.32 Å². The lowest BCUT2D eigenvalue weighted by molar-refractivity contribution is -0.140. The Balaban J connectivity index is 2.15. The van der Waals surface area contributed by atoms with Crippen molar-refractivity contribution < 1.29 is 19.1 Å². The van der Waals surface area contributed by atoms with Crippen LogP contribution >= 0.6 is 11.3 Å². The largest absolute Gasteiger partial charge is 0.480 e. The Kier molecular flexibility index (Phi) is 4.92. The van der Waals surface area contributed by atoms with E-state index in [1.165, 1.54) is 23.5 Å². The molecule has 22 heavy (non-hydrogen) atoms. The molecule has 0 aliphatic carbocycles. The van der Waals surface area contributed by atoms with Crippen LogP contribution in [-0.4, -0.2) is 23.0 Å². The van der Waals surface area contributed by atoms with Gasteiger partial charge >= 0.3 is 5.97 Å². The molecule has 2 N–H and O–H groups in total. The third-order valence-corrected chi connectivity index (χ3v) is 4.31. The van der Waals surface area contributed by atoms with Crippen molar-refractivity contribution in [3.8, 4) is 10.4 Å². The summed E-state index contributed by atoms with van der Waals surface area (Å²) in [6.45, 7) is 3.47. The fourth-order valence-electron chi connectivity index (χ4n) is 1.96. The number of halogens is 1. The molecular weight excluding hydrogens is 305 g/mol.